The third kappa shape index (κ3) is 2.59. The summed E-state index contributed by atoms with van der Waals surface area (Å²) >= 11 is 4.96. The van der Waals surface area contributed by atoms with Crippen LogP contribution < -0.4 is 5.32 Å². The topological polar surface area (TPSA) is 24.9 Å². The molecule has 2 rings (SSSR count). The lowest BCUT2D eigenvalue weighted by Gasteiger charge is -2.14. The van der Waals surface area contributed by atoms with Gasteiger partial charge in [0.1, 0.15) is 5.82 Å². The summed E-state index contributed by atoms with van der Waals surface area (Å²) in [7, 11) is 0. The van der Waals surface area contributed by atoms with Crippen molar-refractivity contribution in [3.05, 3.63) is 45.1 Å². The summed E-state index contributed by atoms with van der Waals surface area (Å²) in [5, 5.41) is 3.24. The average Bonchev–Trinajstić information content (AvgIpc) is 2.76. The molecule has 2 nitrogen and oxygen atoms in total. The second kappa shape index (κ2) is 4.93. The maximum Gasteiger partial charge on any atom is 0.125 e. The molecule has 0 fully saturated rings. The van der Waals surface area contributed by atoms with Crippen molar-refractivity contribution in [2.45, 2.75) is 13.0 Å². The molecule has 16 heavy (non-hydrogen) atoms. The molecule has 0 saturated carbocycles. The molecular weight excluding hydrogens is 291 g/mol. The Labute approximate surface area is 106 Å². The summed E-state index contributed by atoms with van der Waals surface area (Å²) in [6.45, 7) is 2.02. The van der Waals surface area contributed by atoms with Crippen LogP contribution in [0.2, 0.25) is 0 Å². The Morgan fingerprint density at radius 1 is 1.50 bits per heavy atom. The van der Waals surface area contributed by atoms with Crippen molar-refractivity contribution in [2.24, 2.45) is 0 Å². The monoisotopic (exact) mass is 300 g/mol. The van der Waals surface area contributed by atoms with Crippen LogP contribution >= 0.6 is 27.3 Å². The van der Waals surface area contributed by atoms with Crippen LogP contribution in [0.1, 0.15) is 17.8 Å². The van der Waals surface area contributed by atoms with Crippen LogP contribution in [0.4, 0.5) is 10.1 Å². The smallest absolute Gasteiger partial charge is 0.125 e. The molecule has 1 atom stereocenters. The highest BCUT2D eigenvalue weighted by atomic mass is 79.9. The first-order valence-electron chi connectivity index (χ1n) is 4.77. The van der Waals surface area contributed by atoms with Gasteiger partial charge < -0.3 is 5.32 Å². The molecule has 5 heteroatoms. The van der Waals surface area contributed by atoms with Crippen molar-refractivity contribution in [3.8, 4) is 0 Å². The summed E-state index contributed by atoms with van der Waals surface area (Å²) < 4.78 is 13.9. The number of thiazole rings is 1. The van der Waals surface area contributed by atoms with Gasteiger partial charge in [-0.1, -0.05) is 0 Å². The van der Waals surface area contributed by atoms with Crippen LogP contribution in [-0.4, -0.2) is 4.98 Å². The van der Waals surface area contributed by atoms with E-state index in [2.05, 4.69) is 26.2 Å². The number of hydrogen-bond acceptors (Lipinski definition) is 3. The van der Waals surface area contributed by atoms with Crippen molar-refractivity contribution < 1.29 is 4.39 Å². The maximum absolute atomic E-state index is 13.1. The van der Waals surface area contributed by atoms with Gasteiger partial charge in [-0.3, -0.25) is 4.98 Å². The number of hydrogen-bond donors (Lipinski definition) is 1. The van der Waals surface area contributed by atoms with Crippen molar-refractivity contribution in [1.82, 2.24) is 4.98 Å². The fourth-order valence-electron chi connectivity index (χ4n) is 1.35. The molecule has 1 N–H and O–H groups in total. The summed E-state index contributed by atoms with van der Waals surface area (Å²) in [5.74, 6) is -0.248. The van der Waals surface area contributed by atoms with E-state index < -0.39 is 0 Å². The predicted molar refractivity (Wildman–Crippen MR) is 68.3 cm³/mol. The Morgan fingerprint density at radius 2 is 2.31 bits per heavy atom. The number of aromatic nitrogens is 1. The molecule has 1 heterocycles. The molecule has 1 aromatic heterocycles. The summed E-state index contributed by atoms with van der Waals surface area (Å²) in [6.07, 6.45) is 1.82. The van der Waals surface area contributed by atoms with Gasteiger partial charge in [-0.2, -0.15) is 0 Å². The van der Waals surface area contributed by atoms with E-state index in [9.17, 15) is 4.39 Å². The van der Waals surface area contributed by atoms with E-state index in [1.54, 1.807) is 22.9 Å². The molecule has 1 unspecified atom stereocenters. The molecule has 0 spiro atoms. The zero-order valence-corrected chi connectivity index (χ0v) is 11.0. The van der Waals surface area contributed by atoms with E-state index in [0.29, 0.717) is 0 Å². The minimum Gasteiger partial charge on any atom is -0.377 e. The summed E-state index contributed by atoms with van der Waals surface area (Å²) in [6, 6.07) is 4.70. The summed E-state index contributed by atoms with van der Waals surface area (Å²) in [4.78, 5) is 5.14. The number of anilines is 1. The van der Waals surface area contributed by atoms with Crippen molar-refractivity contribution >= 4 is 33.0 Å². The molecule has 0 aliphatic rings. The first-order valence-corrected chi connectivity index (χ1v) is 6.44. The van der Waals surface area contributed by atoms with Gasteiger partial charge in [0, 0.05) is 15.5 Å². The standard InChI is InChI=1S/C11H10BrFN2S/c1-7(11-5-14-6-16-11)15-10-4-8(13)2-3-9(10)12/h2-7,15H,1H3. The summed E-state index contributed by atoms with van der Waals surface area (Å²) in [5.41, 5.74) is 2.54. The molecule has 84 valence electrons. The average molecular weight is 301 g/mol. The predicted octanol–water partition coefficient (Wildman–Crippen LogP) is 4.22. The van der Waals surface area contributed by atoms with E-state index in [1.807, 2.05) is 13.1 Å². The Balaban J connectivity index is 2.17. The van der Waals surface area contributed by atoms with E-state index in [4.69, 9.17) is 0 Å². The largest absolute Gasteiger partial charge is 0.377 e. The van der Waals surface area contributed by atoms with Gasteiger partial charge in [0.2, 0.25) is 0 Å². The lowest BCUT2D eigenvalue weighted by atomic mass is 10.2. The van der Waals surface area contributed by atoms with Crippen LogP contribution in [0.15, 0.2) is 34.4 Å². The van der Waals surface area contributed by atoms with E-state index >= 15 is 0 Å². The number of benzene rings is 1. The van der Waals surface area contributed by atoms with Crippen LogP contribution in [0.5, 0.6) is 0 Å². The molecular formula is C11H10BrFN2S. The van der Waals surface area contributed by atoms with Crippen molar-refractivity contribution in [3.63, 3.8) is 0 Å². The van der Waals surface area contributed by atoms with E-state index in [-0.39, 0.29) is 11.9 Å². The zero-order valence-electron chi connectivity index (χ0n) is 8.58. The fourth-order valence-corrected chi connectivity index (χ4v) is 2.34. The Morgan fingerprint density at radius 3 is 3.00 bits per heavy atom. The first-order chi connectivity index (χ1) is 7.66. The molecule has 0 amide bonds. The molecule has 2 aromatic rings. The molecule has 0 aliphatic carbocycles. The number of rotatable bonds is 3. The first kappa shape index (κ1) is 11.5. The van der Waals surface area contributed by atoms with Gasteiger partial charge in [-0.05, 0) is 41.1 Å². The minimum absolute atomic E-state index is 0.116. The van der Waals surface area contributed by atoms with Crippen LogP contribution in [0.3, 0.4) is 0 Å². The third-order valence-electron chi connectivity index (χ3n) is 2.18. The van der Waals surface area contributed by atoms with Gasteiger partial charge in [-0.25, -0.2) is 4.39 Å². The molecule has 0 radical (unpaired) electrons. The number of nitrogens with zero attached hydrogens (tertiary/aromatic N) is 1. The minimum atomic E-state index is -0.248. The second-order valence-corrected chi connectivity index (χ2v) is 5.17. The third-order valence-corrected chi connectivity index (χ3v) is 3.83. The molecule has 0 aliphatic heterocycles. The molecule has 0 saturated heterocycles. The number of halogens is 2. The van der Waals surface area contributed by atoms with Crippen LogP contribution in [0.25, 0.3) is 0 Å². The van der Waals surface area contributed by atoms with Crippen LogP contribution in [-0.2, 0) is 0 Å². The van der Waals surface area contributed by atoms with Crippen molar-refractivity contribution in [2.75, 3.05) is 5.32 Å². The highest BCUT2D eigenvalue weighted by Crippen LogP contribution is 2.28. The van der Waals surface area contributed by atoms with Gasteiger partial charge >= 0.3 is 0 Å². The van der Waals surface area contributed by atoms with Gasteiger partial charge in [0.25, 0.3) is 0 Å². The zero-order chi connectivity index (χ0) is 11.5. The van der Waals surface area contributed by atoms with E-state index in [0.717, 1.165) is 15.0 Å². The van der Waals surface area contributed by atoms with E-state index in [1.165, 1.54) is 12.1 Å². The lowest BCUT2D eigenvalue weighted by molar-refractivity contribution is 0.627. The Hall–Kier alpha value is -0.940. The highest BCUT2D eigenvalue weighted by molar-refractivity contribution is 9.10. The number of nitrogens with one attached hydrogen (secondary N) is 1. The fraction of sp³-hybridized carbons (Fsp3) is 0.182. The quantitative estimate of drug-likeness (QED) is 0.918. The highest BCUT2D eigenvalue weighted by Gasteiger charge is 2.09. The normalized spacial score (nSPS) is 12.4. The Kier molecular flexibility index (Phi) is 3.56. The maximum atomic E-state index is 13.1. The SMILES string of the molecule is CC(Nc1cc(F)ccc1Br)c1cncs1. The Bertz CT molecular complexity index is 473. The van der Waals surface area contributed by atoms with Crippen molar-refractivity contribution in [1.29, 1.82) is 0 Å². The van der Waals surface area contributed by atoms with Gasteiger partial charge in [0.05, 0.1) is 17.2 Å². The molecule has 1 aromatic carbocycles. The molecule has 0 bridgehead atoms. The van der Waals surface area contributed by atoms with Crippen LogP contribution in [0, 0.1) is 5.82 Å². The van der Waals surface area contributed by atoms with Gasteiger partial charge in [-0.15, -0.1) is 11.3 Å². The lowest BCUT2D eigenvalue weighted by Crippen LogP contribution is -2.05. The second-order valence-electron chi connectivity index (χ2n) is 3.39. The van der Waals surface area contributed by atoms with Gasteiger partial charge in [0.15, 0.2) is 0 Å².